The van der Waals surface area contributed by atoms with Gasteiger partial charge >= 0.3 is 0 Å². The Morgan fingerprint density at radius 3 is 2.62 bits per heavy atom. The van der Waals surface area contributed by atoms with Crippen LogP contribution in [0.3, 0.4) is 0 Å². The molecule has 1 aliphatic rings. The molecule has 70 valence electrons. The van der Waals surface area contributed by atoms with Crippen molar-refractivity contribution in [2.75, 3.05) is 0 Å². The summed E-state index contributed by atoms with van der Waals surface area (Å²) >= 11 is 0. The Kier molecular flexibility index (Phi) is 2.88. The average Bonchev–Trinajstić information content (AvgIpc) is 2.46. The molecule has 0 amide bonds. The van der Waals surface area contributed by atoms with Gasteiger partial charge in [0.1, 0.15) is 0 Å². The maximum Gasteiger partial charge on any atom is 0.241 e. The lowest BCUT2D eigenvalue weighted by molar-refractivity contribution is -0.104. The second-order valence-corrected chi connectivity index (χ2v) is 8.36. The largest absolute Gasteiger partial charge is 0.549 e. The zero-order valence-electron chi connectivity index (χ0n) is 8.20. The summed E-state index contributed by atoms with van der Waals surface area (Å²) in [6.07, 6.45) is 8.05. The van der Waals surface area contributed by atoms with E-state index in [9.17, 15) is 4.79 Å². The van der Waals surface area contributed by atoms with Gasteiger partial charge in [-0.25, -0.2) is 0 Å². The normalized spacial score (nSPS) is 19.0. The third kappa shape index (κ3) is 3.03. The Hall–Kier alpha value is -1.09. The first-order chi connectivity index (χ1) is 6.03. The van der Waals surface area contributed by atoms with Crippen LogP contribution in [-0.4, -0.2) is 14.6 Å². The van der Waals surface area contributed by atoms with Gasteiger partial charge in [0, 0.05) is 11.1 Å². The summed E-state index contributed by atoms with van der Waals surface area (Å²) in [7, 11) is -1.52. The van der Waals surface area contributed by atoms with Crippen molar-refractivity contribution in [2.45, 2.75) is 19.6 Å². The number of aldehydes is 1. The highest BCUT2D eigenvalue weighted by Crippen LogP contribution is 2.17. The molecule has 13 heavy (non-hydrogen) atoms. The molecular formula is C10H14O2Si. The quantitative estimate of drug-likeness (QED) is 0.392. The smallest absolute Gasteiger partial charge is 0.241 e. The maximum absolute atomic E-state index is 10.5. The van der Waals surface area contributed by atoms with Crippen molar-refractivity contribution < 1.29 is 9.22 Å². The fraction of sp³-hybridized carbons (Fsp3) is 0.300. The van der Waals surface area contributed by atoms with Gasteiger partial charge in [-0.05, 0) is 19.6 Å². The van der Waals surface area contributed by atoms with E-state index in [1.54, 1.807) is 12.3 Å². The topological polar surface area (TPSA) is 26.3 Å². The first kappa shape index (κ1) is 9.99. The highest BCUT2D eigenvalue weighted by atomic mass is 28.4. The van der Waals surface area contributed by atoms with Crippen molar-refractivity contribution in [2.24, 2.45) is 0 Å². The Labute approximate surface area is 79.7 Å². The zero-order chi connectivity index (χ0) is 9.90. The van der Waals surface area contributed by atoms with Crippen molar-refractivity contribution in [3.05, 3.63) is 35.6 Å². The number of allylic oxidation sites excluding steroid dienone is 5. The molecule has 1 rings (SSSR count). The Morgan fingerprint density at radius 1 is 1.38 bits per heavy atom. The molecule has 1 aliphatic carbocycles. The minimum Gasteiger partial charge on any atom is -0.549 e. The van der Waals surface area contributed by atoms with Gasteiger partial charge in [-0.2, -0.15) is 0 Å². The first-order valence-electron chi connectivity index (χ1n) is 4.25. The van der Waals surface area contributed by atoms with Crippen LogP contribution in [0.4, 0.5) is 0 Å². The molecule has 0 fully saturated rings. The monoisotopic (exact) mass is 194 g/mol. The molecule has 0 aliphatic heterocycles. The van der Waals surface area contributed by atoms with E-state index in [0.29, 0.717) is 5.57 Å². The highest BCUT2D eigenvalue weighted by Gasteiger charge is 2.14. The summed E-state index contributed by atoms with van der Waals surface area (Å²) in [6, 6.07) is 0. The van der Waals surface area contributed by atoms with Crippen LogP contribution < -0.4 is 0 Å². The molecule has 2 nitrogen and oxygen atoms in total. The lowest BCUT2D eigenvalue weighted by atomic mass is 10.2. The van der Waals surface area contributed by atoms with Crippen LogP contribution in [0.1, 0.15) is 0 Å². The average molecular weight is 194 g/mol. The van der Waals surface area contributed by atoms with E-state index in [1.807, 2.05) is 12.2 Å². The van der Waals surface area contributed by atoms with Crippen molar-refractivity contribution in [3.63, 3.8) is 0 Å². The van der Waals surface area contributed by atoms with Crippen LogP contribution in [0.25, 0.3) is 0 Å². The van der Waals surface area contributed by atoms with Crippen LogP contribution in [0.2, 0.25) is 19.6 Å². The minimum absolute atomic E-state index is 0.693. The lowest BCUT2D eigenvalue weighted by Gasteiger charge is -2.15. The second-order valence-electron chi connectivity index (χ2n) is 3.90. The molecule has 0 aromatic heterocycles. The molecule has 0 unspecified atom stereocenters. The van der Waals surface area contributed by atoms with Crippen molar-refractivity contribution in [1.29, 1.82) is 0 Å². The molecular weight excluding hydrogens is 180 g/mol. The molecule has 0 spiro atoms. The highest BCUT2D eigenvalue weighted by molar-refractivity contribution is 6.69. The lowest BCUT2D eigenvalue weighted by Crippen LogP contribution is -2.22. The van der Waals surface area contributed by atoms with Gasteiger partial charge < -0.3 is 4.43 Å². The summed E-state index contributed by atoms with van der Waals surface area (Å²) in [5.41, 5.74) is 1.57. The third-order valence-corrected chi connectivity index (χ3v) is 2.38. The van der Waals surface area contributed by atoms with Crippen LogP contribution in [-0.2, 0) is 9.22 Å². The molecule has 0 heterocycles. The number of hydrogen-bond donors (Lipinski definition) is 0. The van der Waals surface area contributed by atoms with E-state index in [0.717, 1.165) is 11.9 Å². The predicted molar refractivity (Wildman–Crippen MR) is 55.8 cm³/mol. The number of carbonyl (C=O) groups excluding carboxylic acids is 1. The maximum atomic E-state index is 10.5. The van der Waals surface area contributed by atoms with Gasteiger partial charge in [-0.1, -0.05) is 18.2 Å². The van der Waals surface area contributed by atoms with Gasteiger partial charge in [0.05, 0.1) is 6.26 Å². The van der Waals surface area contributed by atoms with Crippen molar-refractivity contribution >= 4 is 14.6 Å². The van der Waals surface area contributed by atoms with E-state index in [4.69, 9.17) is 4.43 Å². The molecule has 0 radical (unpaired) electrons. The van der Waals surface area contributed by atoms with Gasteiger partial charge in [-0.3, -0.25) is 4.79 Å². The van der Waals surface area contributed by atoms with Crippen LogP contribution in [0, 0.1) is 0 Å². The number of hydrogen-bond acceptors (Lipinski definition) is 2. The van der Waals surface area contributed by atoms with Crippen molar-refractivity contribution in [3.8, 4) is 0 Å². The van der Waals surface area contributed by atoms with Gasteiger partial charge in [0.25, 0.3) is 0 Å². The molecule has 0 saturated heterocycles. The third-order valence-electron chi connectivity index (χ3n) is 1.55. The molecule has 0 saturated carbocycles. The predicted octanol–water partition coefficient (Wildman–Crippen LogP) is 2.42. The van der Waals surface area contributed by atoms with Crippen LogP contribution in [0.15, 0.2) is 35.6 Å². The summed E-state index contributed by atoms with van der Waals surface area (Å²) in [6.45, 7) is 6.31. The molecule has 0 aromatic carbocycles. The van der Waals surface area contributed by atoms with E-state index in [-0.39, 0.29) is 0 Å². The fourth-order valence-electron chi connectivity index (χ4n) is 0.903. The van der Waals surface area contributed by atoms with Gasteiger partial charge in [0.2, 0.25) is 8.32 Å². The Bertz CT molecular complexity index is 293. The Morgan fingerprint density at radius 2 is 2.08 bits per heavy atom. The molecule has 0 bridgehead atoms. The second kappa shape index (κ2) is 3.74. The zero-order valence-corrected chi connectivity index (χ0v) is 9.20. The van der Waals surface area contributed by atoms with E-state index >= 15 is 0 Å². The molecule has 3 heteroatoms. The fourth-order valence-corrected chi connectivity index (χ4v) is 1.38. The summed E-state index contributed by atoms with van der Waals surface area (Å²) in [5, 5.41) is 0. The summed E-state index contributed by atoms with van der Waals surface area (Å²) in [4.78, 5) is 10.5. The summed E-state index contributed by atoms with van der Waals surface area (Å²) in [5.74, 6) is 0. The molecule has 0 aromatic rings. The van der Waals surface area contributed by atoms with E-state index in [1.165, 1.54) is 0 Å². The van der Waals surface area contributed by atoms with Crippen LogP contribution in [0.5, 0.6) is 0 Å². The van der Waals surface area contributed by atoms with E-state index in [2.05, 4.69) is 19.6 Å². The van der Waals surface area contributed by atoms with E-state index < -0.39 is 8.32 Å². The minimum atomic E-state index is -1.52. The van der Waals surface area contributed by atoms with Gasteiger partial charge in [-0.15, -0.1) is 0 Å². The standard InChI is InChI=1S/C10H14O2Si/c1-13(2,3)12-8-10-6-4-5-9(10)7-11/h4-8H,1-3H3/b10-8-. The number of carbonyl (C=O) groups is 1. The summed E-state index contributed by atoms with van der Waals surface area (Å²) < 4.78 is 5.57. The Balaban J connectivity index is 2.68. The molecule has 0 N–H and O–H groups in total. The first-order valence-corrected chi connectivity index (χ1v) is 7.66. The SMILES string of the molecule is C[Si](C)(C)O/C=C1/C=CC=C1C=O. The molecule has 0 atom stereocenters. The van der Waals surface area contributed by atoms with Crippen molar-refractivity contribution in [1.82, 2.24) is 0 Å². The number of rotatable bonds is 3. The van der Waals surface area contributed by atoms with Gasteiger partial charge in [0.15, 0.2) is 6.29 Å². The van der Waals surface area contributed by atoms with Crippen LogP contribution >= 0.6 is 0 Å².